The van der Waals surface area contributed by atoms with Crippen LogP contribution in [0.3, 0.4) is 0 Å². The van der Waals surface area contributed by atoms with E-state index < -0.39 is 14.9 Å². The third-order valence-electron chi connectivity index (χ3n) is 5.46. The predicted octanol–water partition coefficient (Wildman–Crippen LogP) is 2.94. The van der Waals surface area contributed by atoms with Crippen LogP contribution in [0, 0.1) is 10.1 Å². The molecule has 0 aliphatic carbocycles. The summed E-state index contributed by atoms with van der Waals surface area (Å²) < 4.78 is 44.0. The summed E-state index contributed by atoms with van der Waals surface area (Å²) in [5.74, 6) is 1.60. The van der Waals surface area contributed by atoms with Crippen molar-refractivity contribution in [3.63, 3.8) is 0 Å². The molecule has 0 N–H and O–H groups in total. The van der Waals surface area contributed by atoms with Crippen molar-refractivity contribution in [3.8, 4) is 23.0 Å². The van der Waals surface area contributed by atoms with Gasteiger partial charge in [0.2, 0.25) is 28.6 Å². The Morgan fingerprint density at radius 2 is 1.94 bits per heavy atom. The average Bonchev–Trinajstić information content (AvgIpc) is 3.48. The van der Waals surface area contributed by atoms with Gasteiger partial charge in [0.1, 0.15) is 0 Å². The highest BCUT2D eigenvalue weighted by Crippen LogP contribution is 2.37. The highest BCUT2D eigenvalue weighted by molar-refractivity contribution is 7.89. The van der Waals surface area contributed by atoms with E-state index in [1.54, 1.807) is 18.2 Å². The van der Waals surface area contributed by atoms with Crippen LogP contribution < -0.4 is 9.47 Å². The molecule has 11 nitrogen and oxygen atoms in total. The second kappa shape index (κ2) is 7.88. The number of aromatic nitrogens is 2. The summed E-state index contributed by atoms with van der Waals surface area (Å²) in [4.78, 5) is 10.3. The molecule has 12 heteroatoms. The van der Waals surface area contributed by atoms with Crippen molar-refractivity contribution < 1.29 is 27.2 Å². The summed E-state index contributed by atoms with van der Waals surface area (Å²) in [6.45, 7) is 0.614. The lowest BCUT2D eigenvalue weighted by molar-refractivity contribution is -0.385. The summed E-state index contributed by atoms with van der Waals surface area (Å²) >= 11 is 0. The maximum Gasteiger partial charge on any atom is 0.270 e. The molecule has 2 aromatic carbocycles. The molecule has 2 aliphatic rings. The standard InChI is InChI=1S/C20H18N4O7S/c25-24(26)15-4-1-5-16(10-15)32(27,28)23-8-2-3-14(11-23)20-22-21-19(31-20)13-6-7-17-18(9-13)30-12-29-17/h1,4-7,9-10,14H,2-3,8,11-12H2. The summed E-state index contributed by atoms with van der Waals surface area (Å²) in [6.07, 6.45) is 1.28. The van der Waals surface area contributed by atoms with Gasteiger partial charge in [0, 0.05) is 30.8 Å². The summed E-state index contributed by atoms with van der Waals surface area (Å²) in [7, 11) is -3.90. The Kier molecular flexibility index (Phi) is 5.02. The number of hydrogen-bond acceptors (Lipinski definition) is 9. The van der Waals surface area contributed by atoms with Crippen molar-refractivity contribution in [2.75, 3.05) is 19.9 Å². The molecule has 0 radical (unpaired) electrons. The van der Waals surface area contributed by atoms with E-state index in [2.05, 4.69) is 10.2 Å². The highest BCUT2D eigenvalue weighted by atomic mass is 32.2. The number of benzene rings is 2. The first-order chi connectivity index (χ1) is 15.4. The van der Waals surface area contributed by atoms with E-state index in [-0.39, 0.29) is 29.8 Å². The van der Waals surface area contributed by atoms with Crippen molar-refractivity contribution in [1.29, 1.82) is 0 Å². The Labute approximate surface area is 182 Å². The van der Waals surface area contributed by atoms with E-state index in [4.69, 9.17) is 13.9 Å². The highest BCUT2D eigenvalue weighted by Gasteiger charge is 2.34. The minimum absolute atomic E-state index is 0.112. The zero-order chi connectivity index (χ0) is 22.3. The zero-order valence-corrected chi connectivity index (χ0v) is 17.5. The number of fused-ring (bicyclic) bond motifs is 1. The van der Waals surface area contributed by atoms with Gasteiger partial charge in [-0.05, 0) is 37.1 Å². The topological polar surface area (TPSA) is 138 Å². The van der Waals surface area contributed by atoms with Gasteiger partial charge in [-0.3, -0.25) is 10.1 Å². The Bertz CT molecular complexity index is 1290. The second-order valence-electron chi connectivity index (χ2n) is 7.47. The molecule has 32 heavy (non-hydrogen) atoms. The van der Waals surface area contributed by atoms with Gasteiger partial charge < -0.3 is 13.9 Å². The van der Waals surface area contributed by atoms with Gasteiger partial charge in [-0.2, -0.15) is 4.31 Å². The zero-order valence-electron chi connectivity index (χ0n) is 16.7. The van der Waals surface area contributed by atoms with Crippen molar-refractivity contribution in [1.82, 2.24) is 14.5 Å². The number of nitrogens with zero attached hydrogens (tertiary/aromatic N) is 4. The maximum atomic E-state index is 13.1. The quantitative estimate of drug-likeness (QED) is 0.417. The van der Waals surface area contributed by atoms with E-state index >= 15 is 0 Å². The fourth-order valence-electron chi connectivity index (χ4n) is 3.81. The molecule has 5 rings (SSSR count). The number of sulfonamides is 1. The summed E-state index contributed by atoms with van der Waals surface area (Å²) in [5.41, 5.74) is 0.398. The largest absolute Gasteiger partial charge is 0.454 e. The lowest BCUT2D eigenvalue weighted by Gasteiger charge is -2.30. The maximum absolute atomic E-state index is 13.1. The number of nitro groups is 1. The normalized spacial score (nSPS) is 18.6. The average molecular weight is 458 g/mol. The lowest BCUT2D eigenvalue weighted by atomic mass is 10.00. The minimum Gasteiger partial charge on any atom is -0.454 e. The van der Waals surface area contributed by atoms with Gasteiger partial charge in [0.05, 0.1) is 15.7 Å². The summed E-state index contributed by atoms with van der Waals surface area (Å²) in [6, 6.07) is 10.3. The van der Waals surface area contributed by atoms with Gasteiger partial charge in [-0.1, -0.05) is 6.07 Å². The smallest absolute Gasteiger partial charge is 0.270 e. The Morgan fingerprint density at radius 3 is 2.78 bits per heavy atom. The minimum atomic E-state index is -3.90. The number of ether oxygens (including phenoxy) is 2. The van der Waals surface area contributed by atoms with Crippen molar-refractivity contribution >= 4 is 15.7 Å². The SMILES string of the molecule is O=[N+]([O-])c1cccc(S(=O)(=O)N2CCCC(c3nnc(-c4ccc5c(c4)OCO5)o3)C2)c1. The third kappa shape index (κ3) is 3.67. The number of nitro benzene ring substituents is 1. The molecular formula is C20H18N4O7S. The molecule has 0 saturated carbocycles. The monoisotopic (exact) mass is 458 g/mol. The van der Waals surface area contributed by atoms with Crippen molar-refractivity contribution in [2.24, 2.45) is 0 Å². The van der Waals surface area contributed by atoms with Gasteiger partial charge >= 0.3 is 0 Å². The van der Waals surface area contributed by atoms with Crippen LogP contribution in [-0.2, 0) is 10.0 Å². The van der Waals surface area contributed by atoms with E-state index in [1.807, 2.05) is 0 Å². The van der Waals surface area contributed by atoms with Crippen LogP contribution in [0.4, 0.5) is 5.69 Å². The molecule has 0 amide bonds. The Hall–Kier alpha value is -3.51. The lowest BCUT2D eigenvalue weighted by Crippen LogP contribution is -2.39. The molecule has 1 aromatic heterocycles. The fraction of sp³-hybridized carbons (Fsp3) is 0.300. The van der Waals surface area contributed by atoms with E-state index in [1.165, 1.54) is 22.5 Å². The van der Waals surface area contributed by atoms with E-state index in [0.29, 0.717) is 48.2 Å². The van der Waals surface area contributed by atoms with Gasteiger partial charge in [-0.25, -0.2) is 8.42 Å². The van der Waals surface area contributed by atoms with Crippen LogP contribution in [0.2, 0.25) is 0 Å². The number of piperidine rings is 1. The van der Waals surface area contributed by atoms with Gasteiger partial charge in [0.25, 0.3) is 5.69 Å². The van der Waals surface area contributed by atoms with Gasteiger partial charge in [-0.15, -0.1) is 10.2 Å². The fourth-order valence-corrected chi connectivity index (χ4v) is 5.38. The summed E-state index contributed by atoms with van der Waals surface area (Å²) in [5, 5.41) is 19.3. The van der Waals surface area contributed by atoms with E-state index in [0.717, 1.165) is 6.07 Å². The van der Waals surface area contributed by atoms with Crippen LogP contribution >= 0.6 is 0 Å². The molecule has 0 spiro atoms. The van der Waals surface area contributed by atoms with Crippen molar-refractivity contribution in [3.05, 3.63) is 58.5 Å². The van der Waals surface area contributed by atoms with Crippen LogP contribution in [-0.4, -0.2) is 47.7 Å². The first-order valence-corrected chi connectivity index (χ1v) is 11.3. The van der Waals surface area contributed by atoms with Crippen LogP contribution in [0.1, 0.15) is 24.7 Å². The molecule has 1 unspecified atom stereocenters. The molecule has 3 aromatic rings. The number of hydrogen-bond donors (Lipinski definition) is 0. The molecule has 3 heterocycles. The van der Waals surface area contributed by atoms with E-state index in [9.17, 15) is 18.5 Å². The number of rotatable bonds is 5. The number of non-ortho nitro benzene ring substituents is 1. The molecule has 1 saturated heterocycles. The molecule has 1 fully saturated rings. The van der Waals surface area contributed by atoms with Crippen LogP contribution in [0.5, 0.6) is 11.5 Å². The Balaban J connectivity index is 1.36. The van der Waals surface area contributed by atoms with Crippen molar-refractivity contribution in [2.45, 2.75) is 23.7 Å². The van der Waals surface area contributed by atoms with Gasteiger partial charge in [0.15, 0.2) is 11.5 Å². The Morgan fingerprint density at radius 1 is 1.09 bits per heavy atom. The predicted molar refractivity (Wildman–Crippen MR) is 110 cm³/mol. The third-order valence-corrected chi connectivity index (χ3v) is 7.32. The molecule has 166 valence electrons. The molecule has 1 atom stereocenters. The first kappa shape index (κ1) is 20.4. The second-order valence-corrected chi connectivity index (χ2v) is 9.41. The molecule has 2 aliphatic heterocycles. The van der Waals surface area contributed by atoms with Crippen LogP contribution in [0.15, 0.2) is 51.8 Å². The molecular weight excluding hydrogens is 440 g/mol. The molecule has 0 bridgehead atoms. The first-order valence-electron chi connectivity index (χ1n) is 9.90. The van der Waals surface area contributed by atoms with Crippen LogP contribution in [0.25, 0.3) is 11.5 Å².